The second-order valence-corrected chi connectivity index (χ2v) is 4.85. The maximum Gasteiger partial charge on any atom is 0.257 e. The Balaban J connectivity index is 2.77. The van der Waals surface area contributed by atoms with Gasteiger partial charge in [-0.05, 0) is 32.4 Å². The van der Waals surface area contributed by atoms with Crippen molar-refractivity contribution in [2.24, 2.45) is 0 Å². The average Bonchev–Trinajstić information content (AvgIpc) is 2.30. The first kappa shape index (κ1) is 15.0. The minimum absolute atomic E-state index is 0.0309. The van der Waals surface area contributed by atoms with Crippen LogP contribution in [0, 0.1) is 6.92 Å². The maximum atomic E-state index is 12.1. The topological polar surface area (TPSA) is 69.6 Å². The van der Waals surface area contributed by atoms with Gasteiger partial charge in [0.25, 0.3) is 5.91 Å². The van der Waals surface area contributed by atoms with Gasteiger partial charge in [0.05, 0.1) is 12.1 Å². The van der Waals surface area contributed by atoms with Crippen molar-refractivity contribution in [3.05, 3.63) is 29.3 Å². The van der Waals surface area contributed by atoms with Gasteiger partial charge in [0.2, 0.25) is 5.91 Å². The summed E-state index contributed by atoms with van der Waals surface area (Å²) < 4.78 is 0. The molecule has 1 aromatic carbocycles. The molecule has 0 bridgehead atoms. The zero-order valence-corrected chi connectivity index (χ0v) is 11.7. The lowest BCUT2D eigenvalue weighted by Gasteiger charge is -2.18. The van der Waals surface area contributed by atoms with Gasteiger partial charge in [-0.2, -0.15) is 0 Å². The molecule has 0 aromatic heterocycles. The third-order valence-corrected chi connectivity index (χ3v) is 2.65. The summed E-state index contributed by atoms with van der Waals surface area (Å²) in [6.07, 6.45) is 0. The van der Waals surface area contributed by atoms with Crippen molar-refractivity contribution in [2.45, 2.75) is 26.8 Å². The monoisotopic (exact) mass is 264 g/mol. The van der Waals surface area contributed by atoms with E-state index in [0.717, 1.165) is 0 Å². The van der Waals surface area contributed by atoms with Gasteiger partial charge in [0.15, 0.2) is 0 Å². The number of carbonyl (C=O) groups excluding carboxylic acids is 2. The van der Waals surface area contributed by atoms with Crippen LogP contribution in [0.2, 0.25) is 0 Å². The number of para-hydroxylation sites is 1. The van der Waals surface area contributed by atoms with Crippen molar-refractivity contribution < 1.29 is 14.7 Å². The molecule has 0 saturated carbocycles. The number of phenolic OH excluding ortho intramolecular Hbond substituents is 1. The average molecular weight is 264 g/mol. The first-order chi connectivity index (χ1) is 8.82. The van der Waals surface area contributed by atoms with Crippen molar-refractivity contribution in [3.8, 4) is 5.75 Å². The summed E-state index contributed by atoms with van der Waals surface area (Å²) in [4.78, 5) is 25.0. The Morgan fingerprint density at radius 1 is 1.37 bits per heavy atom. The number of aromatic hydroxyl groups is 1. The van der Waals surface area contributed by atoms with E-state index in [2.05, 4.69) is 5.32 Å². The van der Waals surface area contributed by atoms with Crippen LogP contribution >= 0.6 is 0 Å². The van der Waals surface area contributed by atoms with Crippen molar-refractivity contribution in [2.75, 3.05) is 13.6 Å². The fourth-order valence-corrected chi connectivity index (χ4v) is 1.69. The molecule has 0 radical (unpaired) electrons. The summed E-state index contributed by atoms with van der Waals surface area (Å²) >= 11 is 0. The summed E-state index contributed by atoms with van der Waals surface area (Å²) in [5, 5.41) is 12.6. The van der Waals surface area contributed by atoms with Crippen molar-refractivity contribution in [1.29, 1.82) is 0 Å². The van der Waals surface area contributed by atoms with Crippen LogP contribution in [0.1, 0.15) is 29.8 Å². The first-order valence-electron chi connectivity index (χ1n) is 6.16. The summed E-state index contributed by atoms with van der Waals surface area (Å²) in [5.74, 6) is -0.637. The predicted molar refractivity (Wildman–Crippen MR) is 73.1 cm³/mol. The SMILES string of the molecule is Cc1cccc(C(=O)N(C)CC(=O)NC(C)C)c1O. The Morgan fingerprint density at radius 2 is 2.00 bits per heavy atom. The zero-order chi connectivity index (χ0) is 14.6. The fraction of sp³-hybridized carbons (Fsp3) is 0.429. The molecule has 0 aliphatic heterocycles. The third-order valence-electron chi connectivity index (χ3n) is 2.65. The van der Waals surface area contributed by atoms with Crippen LogP contribution < -0.4 is 5.32 Å². The van der Waals surface area contributed by atoms with E-state index in [0.29, 0.717) is 5.56 Å². The second-order valence-electron chi connectivity index (χ2n) is 4.85. The van der Waals surface area contributed by atoms with E-state index in [1.165, 1.54) is 11.9 Å². The number of benzene rings is 1. The summed E-state index contributed by atoms with van der Waals surface area (Å²) in [6.45, 7) is 5.39. The number of amides is 2. The number of hydrogen-bond acceptors (Lipinski definition) is 3. The van der Waals surface area contributed by atoms with Crippen LogP contribution in [0.25, 0.3) is 0 Å². The molecule has 104 valence electrons. The highest BCUT2D eigenvalue weighted by atomic mass is 16.3. The van der Waals surface area contributed by atoms with E-state index >= 15 is 0 Å². The van der Waals surface area contributed by atoms with Gasteiger partial charge in [0.1, 0.15) is 5.75 Å². The standard InChI is InChI=1S/C14H20N2O3/c1-9(2)15-12(17)8-16(4)14(19)11-7-5-6-10(3)13(11)18/h5-7,9,18H,8H2,1-4H3,(H,15,17). The first-order valence-corrected chi connectivity index (χ1v) is 6.16. The van der Waals surface area contributed by atoms with Crippen molar-refractivity contribution >= 4 is 11.8 Å². The molecular weight excluding hydrogens is 244 g/mol. The minimum atomic E-state index is -0.375. The molecule has 1 rings (SSSR count). The quantitative estimate of drug-likeness (QED) is 0.861. The van der Waals surface area contributed by atoms with E-state index in [-0.39, 0.29) is 35.7 Å². The zero-order valence-electron chi connectivity index (χ0n) is 11.7. The Labute approximate surface area is 113 Å². The number of hydrogen-bond donors (Lipinski definition) is 2. The van der Waals surface area contributed by atoms with Crippen LogP contribution in [0.4, 0.5) is 0 Å². The van der Waals surface area contributed by atoms with E-state index < -0.39 is 0 Å². The molecule has 2 amide bonds. The van der Waals surface area contributed by atoms with Crippen LogP contribution in [0.3, 0.4) is 0 Å². The molecule has 1 aromatic rings. The minimum Gasteiger partial charge on any atom is -0.507 e. The number of nitrogens with zero attached hydrogens (tertiary/aromatic N) is 1. The Hall–Kier alpha value is -2.04. The lowest BCUT2D eigenvalue weighted by molar-refractivity contribution is -0.122. The van der Waals surface area contributed by atoms with E-state index in [4.69, 9.17) is 0 Å². The predicted octanol–water partition coefficient (Wildman–Crippen LogP) is 1.30. The maximum absolute atomic E-state index is 12.1. The molecule has 19 heavy (non-hydrogen) atoms. The number of aryl methyl sites for hydroxylation is 1. The van der Waals surface area contributed by atoms with Gasteiger partial charge < -0.3 is 15.3 Å². The van der Waals surface area contributed by atoms with Crippen molar-refractivity contribution in [1.82, 2.24) is 10.2 Å². The molecular formula is C14H20N2O3. The highest BCUT2D eigenvalue weighted by Gasteiger charge is 2.18. The normalized spacial score (nSPS) is 10.4. The molecule has 0 fully saturated rings. The number of carbonyl (C=O) groups is 2. The fourth-order valence-electron chi connectivity index (χ4n) is 1.69. The summed E-state index contributed by atoms with van der Waals surface area (Å²) in [7, 11) is 1.53. The molecule has 0 heterocycles. The molecule has 0 aliphatic carbocycles. The Bertz CT molecular complexity index is 484. The molecule has 0 spiro atoms. The van der Waals surface area contributed by atoms with Crippen molar-refractivity contribution in [3.63, 3.8) is 0 Å². The van der Waals surface area contributed by atoms with Crippen LogP contribution in [0.15, 0.2) is 18.2 Å². The summed E-state index contributed by atoms with van der Waals surface area (Å²) in [6, 6.07) is 4.99. The highest BCUT2D eigenvalue weighted by Crippen LogP contribution is 2.22. The highest BCUT2D eigenvalue weighted by molar-refractivity contribution is 5.98. The Morgan fingerprint density at radius 3 is 2.58 bits per heavy atom. The van der Waals surface area contributed by atoms with Crippen LogP contribution in [-0.4, -0.2) is 41.5 Å². The molecule has 5 nitrogen and oxygen atoms in total. The Kier molecular flexibility index (Phi) is 4.92. The van der Waals surface area contributed by atoms with Gasteiger partial charge >= 0.3 is 0 Å². The van der Waals surface area contributed by atoms with Gasteiger partial charge in [-0.1, -0.05) is 12.1 Å². The lowest BCUT2D eigenvalue weighted by Crippen LogP contribution is -2.40. The summed E-state index contributed by atoms with van der Waals surface area (Å²) in [5.41, 5.74) is 0.839. The third kappa shape index (κ3) is 3.98. The molecule has 0 aliphatic rings. The van der Waals surface area contributed by atoms with Gasteiger partial charge in [-0.3, -0.25) is 9.59 Å². The molecule has 2 N–H and O–H groups in total. The van der Waals surface area contributed by atoms with E-state index in [9.17, 15) is 14.7 Å². The largest absolute Gasteiger partial charge is 0.507 e. The van der Waals surface area contributed by atoms with Crippen LogP contribution in [0.5, 0.6) is 5.75 Å². The smallest absolute Gasteiger partial charge is 0.257 e. The molecule has 0 unspecified atom stereocenters. The molecule has 5 heteroatoms. The number of rotatable bonds is 4. The van der Waals surface area contributed by atoms with Gasteiger partial charge in [0, 0.05) is 13.1 Å². The lowest BCUT2D eigenvalue weighted by atomic mass is 10.1. The number of nitrogens with one attached hydrogen (secondary N) is 1. The van der Waals surface area contributed by atoms with Gasteiger partial charge in [-0.25, -0.2) is 0 Å². The molecule has 0 saturated heterocycles. The van der Waals surface area contributed by atoms with Crippen LogP contribution in [-0.2, 0) is 4.79 Å². The van der Waals surface area contributed by atoms with Gasteiger partial charge in [-0.15, -0.1) is 0 Å². The van der Waals surface area contributed by atoms with E-state index in [1.54, 1.807) is 25.1 Å². The van der Waals surface area contributed by atoms with E-state index in [1.807, 2.05) is 13.8 Å². The molecule has 0 atom stereocenters. The number of phenols is 1. The number of likely N-dealkylation sites (N-methyl/N-ethyl adjacent to an activating group) is 1. The second kappa shape index (κ2) is 6.22.